The molecule has 3 heterocycles. The summed E-state index contributed by atoms with van der Waals surface area (Å²) in [5, 5.41) is 4.42. The van der Waals surface area contributed by atoms with Crippen molar-refractivity contribution in [2.45, 2.75) is 23.9 Å². The number of aromatic nitrogens is 2. The third-order valence-electron chi connectivity index (χ3n) is 7.85. The summed E-state index contributed by atoms with van der Waals surface area (Å²) in [4.78, 5) is 14.4. The van der Waals surface area contributed by atoms with Crippen LogP contribution in [0.25, 0.3) is 10.9 Å². The molecule has 0 amide bonds. The van der Waals surface area contributed by atoms with Gasteiger partial charge in [0.1, 0.15) is 5.82 Å². The van der Waals surface area contributed by atoms with Gasteiger partial charge in [-0.05, 0) is 30.7 Å². The zero-order valence-electron chi connectivity index (χ0n) is 25.7. The molecule has 1 aromatic heterocycles. The molecule has 246 valence electrons. The number of hydrogen-bond donors (Lipinski definition) is 2. The monoisotopic (exact) mass is 754 g/mol. The van der Waals surface area contributed by atoms with Gasteiger partial charge in [0.25, 0.3) is 0 Å². The van der Waals surface area contributed by atoms with Crippen molar-refractivity contribution in [2.24, 2.45) is 5.73 Å². The number of fused-ring (bicyclic) bond motifs is 2. The molecular weight excluding hydrogens is 711 g/mol. The van der Waals surface area contributed by atoms with Crippen LogP contribution in [-0.2, 0) is 35.3 Å². The first-order valence-corrected chi connectivity index (χ1v) is 18.4. The molecule has 2 aliphatic rings. The van der Waals surface area contributed by atoms with Crippen LogP contribution >= 0.6 is 22.6 Å². The zero-order valence-corrected chi connectivity index (χ0v) is 28.7. The molecule has 3 N–H and O–H groups in total. The number of anilines is 2. The summed E-state index contributed by atoms with van der Waals surface area (Å²) in [6, 6.07) is 13.2. The van der Waals surface area contributed by atoms with Gasteiger partial charge in [0, 0.05) is 44.7 Å². The van der Waals surface area contributed by atoms with Crippen LogP contribution in [0.5, 0.6) is 0 Å². The van der Waals surface area contributed by atoms with Gasteiger partial charge in [0.2, 0.25) is 5.95 Å². The number of nitrogens with zero attached hydrogens (tertiary/aromatic N) is 4. The summed E-state index contributed by atoms with van der Waals surface area (Å²) >= 11 is 2.16. The van der Waals surface area contributed by atoms with E-state index < -0.39 is 15.4 Å². The normalized spacial score (nSPS) is 17.5. The van der Waals surface area contributed by atoms with Crippen molar-refractivity contribution < 1.29 is 27.4 Å². The molecule has 2 aromatic carbocycles. The van der Waals surface area contributed by atoms with Crippen LogP contribution < -0.4 is 16.0 Å². The Labute approximate surface area is 279 Å². The Hall–Kier alpha value is -2.18. The van der Waals surface area contributed by atoms with Gasteiger partial charge in [-0.15, -0.1) is 0 Å². The topological polar surface area (TPSA) is 141 Å². The van der Waals surface area contributed by atoms with E-state index in [4.69, 9.17) is 34.6 Å². The Morgan fingerprint density at radius 3 is 2.38 bits per heavy atom. The molecule has 12 nitrogen and oxygen atoms in total. The van der Waals surface area contributed by atoms with Crippen molar-refractivity contribution in [2.75, 3.05) is 99.6 Å². The third kappa shape index (κ3) is 9.44. The van der Waals surface area contributed by atoms with Crippen LogP contribution in [-0.4, -0.2) is 118 Å². The fraction of sp³-hybridized carbons (Fsp3) is 0.548. The Morgan fingerprint density at radius 1 is 0.956 bits per heavy atom. The average Bonchev–Trinajstić information content (AvgIpc) is 3.15. The van der Waals surface area contributed by atoms with E-state index in [2.05, 4.69) is 38.9 Å². The molecule has 0 spiro atoms. The highest BCUT2D eigenvalue weighted by molar-refractivity contribution is 14.1. The van der Waals surface area contributed by atoms with Crippen LogP contribution in [0, 0.1) is 6.92 Å². The molecule has 3 aromatic rings. The van der Waals surface area contributed by atoms with Crippen LogP contribution in [0.4, 0.5) is 11.8 Å². The summed E-state index contributed by atoms with van der Waals surface area (Å²) in [6.45, 7) is 9.56. The molecule has 1 fully saturated rings. The van der Waals surface area contributed by atoms with Gasteiger partial charge in [-0.3, -0.25) is 4.90 Å². The number of likely N-dealkylation sites (tertiary alicyclic amines) is 1. The standard InChI is InChI=1S/C31H43IN6O6S/c1-24-6-7-27-26(18-24)29(36-30(35-27)38-9-17-45(39,40)28-5-3-2-4-25(28)19-38)34-20-31(33)21-37(22-31)8-10-41-11-12-42-13-14-43-15-16-44-23-32/h2-7,18H,8-17,19-23,33H2,1H3,(H,34,35,36). The van der Waals surface area contributed by atoms with Crippen LogP contribution in [0.3, 0.4) is 0 Å². The number of sulfone groups is 1. The first-order chi connectivity index (χ1) is 21.8. The summed E-state index contributed by atoms with van der Waals surface area (Å²) in [7, 11) is -3.38. The van der Waals surface area contributed by atoms with Crippen molar-refractivity contribution in [3.63, 3.8) is 0 Å². The largest absolute Gasteiger partial charge is 0.378 e. The maximum absolute atomic E-state index is 12.9. The van der Waals surface area contributed by atoms with Gasteiger partial charge in [-0.25, -0.2) is 13.4 Å². The van der Waals surface area contributed by atoms with Gasteiger partial charge in [0.15, 0.2) is 9.84 Å². The minimum absolute atomic E-state index is 0.00467. The van der Waals surface area contributed by atoms with Crippen molar-refractivity contribution in [3.05, 3.63) is 53.6 Å². The molecule has 0 bridgehead atoms. The number of aryl methyl sites for hydroxylation is 1. The van der Waals surface area contributed by atoms with Gasteiger partial charge < -0.3 is 34.9 Å². The van der Waals surface area contributed by atoms with Crippen LogP contribution in [0.15, 0.2) is 47.4 Å². The van der Waals surface area contributed by atoms with Gasteiger partial charge >= 0.3 is 0 Å². The van der Waals surface area contributed by atoms with E-state index in [9.17, 15) is 8.42 Å². The van der Waals surface area contributed by atoms with E-state index >= 15 is 0 Å². The lowest BCUT2D eigenvalue weighted by Crippen LogP contribution is -2.70. The number of alkyl halides is 1. The minimum atomic E-state index is -3.38. The SMILES string of the molecule is Cc1ccc2nc(N3CCS(=O)(=O)c4ccccc4C3)nc(NCC3(N)CN(CCOCCOCCOCCOCI)C3)c2c1. The quantitative estimate of drug-likeness (QED) is 0.119. The Morgan fingerprint density at radius 2 is 1.64 bits per heavy atom. The first kappa shape index (κ1) is 34.2. The van der Waals surface area contributed by atoms with Crippen LogP contribution in [0.2, 0.25) is 0 Å². The zero-order chi connectivity index (χ0) is 31.7. The average molecular weight is 755 g/mol. The molecule has 14 heteroatoms. The molecule has 2 aliphatic heterocycles. The smallest absolute Gasteiger partial charge is 0.228 e. The fourth-order valence-corrected chi connectivity index (χ4v) is 7.33. The summed E-state index contributed by atoms with van der Waals surface area (Å²) in [6.07, 6.45) is 0. The van der Waals surface area contributed by atoms with Gasteiger partial charge in [-0.1, -0.05) is 52.4 Å². The number of hydrogen-bond acceptors (Lipinski definition) is 12. The lowest BCUT2D eigenvalue weighted by molar-refractivity contribution is -0.00705. The van der Waals surface area contributed by atoms with Gasteiger partial charge in [-0.2, -0.15) is 4.98 Å². The number of halogens is 1. The van der Waals surface area contributed by atoms with E-state index in [1.165, 1.54) is 0 Å². The van der Waals surface area contributed by atoms with E-state index in [-0.39, 0.29) is 5.75 Å². The summed E-state index contributed by atoms with van der Waals surface area (Å²) in [5.74, 6) is 1.20. The molecule has 1 saturated heterocycles. The van der Waals surface area contributed by atoms with Crippen molar-refractivity contribution in [3.8, 4) is 0 Å². The highest BCUT2D eigenvalue weighted by atomic mass is 127. The first-order valence-electron chi connectivity index (χ1n) is 15.2. The Bertz CT molecular complexity index is 1520. The predicted molar refractivity (Wildman–Crippen MR) is 183 cm³/mol. The van der Waals surface area contributed by atoms with E-state index in [1.807, 2.05) is 36.1 Å². The molecule has 0 aliphatic carbocycles. The third-order valence-corrected chi connectivity index (χ3v) is 10.1. The molecule has 0 atom stereocenters. The molecular formula is C31H43IN6O6S. The van der Waals surface area contributed by atoms with Crippen molar-refractivity contribution >= 4 is 55.1 Å². The predicted octanol–water partition coefficient (Wildman–Crippen LogP) is 2.62. The fourth-order valence-electron chi connectivity index (χ4n) is 5.52. The lowest BCUT2D eigenvalue weighted by Gasteiger charge is -2.47. The maximum Gasteiger partial charge on any atom is 0.228 e. The molecule has 5 rings (SSSR count). The molecule has 0 radical (unpaired) electrons. The van der Waals surface area contributed by atoms with E-state index in [0.29, 0.717) is 87.2 Å². The second kappa shape index (κ2) is 16.1. The summed E-state index contributed by atoms with van der Waals surface area (Å²) in [5.41, 5.74) is 8.98. The number of ether oxygens (including phenoxy) is 4. The molecule has 0 unspecified atom stereocenters. The second-order valence-corrected chi connectivity index (χ2v) is 14.2. The van der Waals surface area contributed by atoms with Crippen LogP contribution in [0.1, 0.15) is 11.1 Å². The van der Waals surface area contributed by atoms with Gasteiger partial charge in [0.05, 0.1) is 72.6 Å². The van der Waals surface area contributed by atoms with E-state index in [1.54, 1.807) is 12.1 Å². The molecule has 0 saturated carbocycles. The van der Waals surface area contributed by atoms with Crippen molar-refractivity contribution in [1.82, 2.24) is 14.9 Å². The molecule has 45 heavy (non-hydrogen) atoms. The summed E-state index contributed by atoms with van der Waals surface area (Å²) < 4.78 is 48.4. The lowest BCUT2D eigenvalue weighted by atomic mass is 9.91. The minimum Gasteiger partial charge on any atom is -0.378 e. The number of nitrogens with one attached hydrogen (secondary N) is 1. The number of rotatable bonds is 17. The van der Waals surface area contributed by atoms with E-state index in [0.717, 1.165) is 41.7 Å². The Kier molecular flexibility index (Phi) is 12.2. The highest BCUT2D eigenvalue weighted by Crippen LogP contribution is 2.29. The number of nitrogens with two attached hydrogens (primary N) is 1. The second-order valence-electron chi connectivity index (χ2n) is 11.5. The highest BCUT2D eigenvalue weighted by Gasteiger charge is 2.39. The Balaban J connectivity index is 1.11. The number of benzene rings is 2. The van der Waals surface area contributed by atoms with Crippen molar-refractivity contribution in [1.29, 1.82) is 0 Å². The maximum atomic E-state index is 12.9.